The minimum Gasteiger partial charge on any atom is -0.310 e. The highest BCUT2D eigenvalue weighted by Gasteiger charge is 2.18. The van der Waals surface area contributed by atoms with Gasteiger partial charge in [0, 0.05) is 15.0 Å². The molecule has 0 bridgehead atoms. The molecular formula is C18H27Br2N. The van der Waals surface area contributed by atoms with Crippen LogP contribution in [0.2, 0.25) is 0 Å². The Bertz CT molecular complexity index is 427. The summed E-state index contributed by atoms with van der Waals surface area (Å²) in [6.45, 7) is 3.33. The topological polar surface area (TPSA) is 12.0 Å². The summed E-state index contributed by atoms with van der Waals surface area (Å²) in [5.74, 6) is 0.954. The molecule has 21 heavy (non-hydrogen) atoms. The van der Waals surface area contributed by atoms with Crippen molar-refractivity contribution in [2.24, 2.45) is 5.92 Å². The highest BCUT2D eigenvalue weighted by atomic mass is 79.9. The number of benzene rings is 1. The maximum atomic E-state index is 3.74. The molecule has 0 amide bonds. The van der Waals surface area contributed by atoms with E-state index < -0.39 is 0 Å². The molecule has 1 unspecified atom stereocenters. The van der Waals surface area contributed by atoms with E-state index in [1.165, 1.54) is 65.9 Å². The van der Waals surface area contributed by atoms with Crippen molar-refractivity contribution >= 4 is 31.9 Å². The molecule has 0 radical (unpaired) electrons. The molecule has 0 heterocycles. The first-order valence-electron chi connectivity index (χ1n) is 8.39. The Balaban J connectivity index is 2.00. The summed E-state index contributed by atoms with van der Waals surface area (Å²) < 4.78 is 2.39. The largest absolute Gasteiger partial charge is 0.310 e. The number of hydrogen-bond acceptors (Lipinski definition) is 1. The fourth-order valence-corrected chi connectivity index (χ4v) is 4.25. The van der Waals surface area contributed by atoms with Crippen LogP contribution in [0.3, 0.4) is 0 Å². The maximum Gasteiger partial charge on any atom is 0.0331 e. The third-order valence-corrected chi connectivity index (χ3v) is 5.78. The lowest BCUT2D eigenvalue weighted by molar-refractivity contribution is 0.314. The molecular weight excluding hydrogens is 390 g/mol. The lowest BCUT2D eigenvalue weighted by atomic mass is 9.84. The van der Waals surface area contributed by atoms with Gasteiger partial charge in [0.15, 0.2) is 0 Å². The van der Waals surface area contributed by atoms with Gasteiger partial charge in [0.05, 0.1) is 0 Å². The van der Waals surface area contributed by atoms with Crippen molar-refractivity contribution in [3.8, 4) is 0 Å². The van der Waals surface area contributed by atoms with Gasteiger partial charge in [-0.3, -0.25) is 0 Å². The molecule has 0 saturated heterocycles. The molecule has 118 valence electrons. The van der Waals surface area contributed by atoms with Crippen molar-refractivity contribution in [2.45, 2.75) is 64.3 Å². The summed E-state index contributed by atoms with van der Waals surface area (Å²) in [5.41, 5.74) is 1.40. The van der Waals surface area contributed by atoms with Gasteiger partial charge in [-0.15, -0.1) is 0 Å². The molecule has 2 rings (SSSR count). The van der Waals surface area contributed by atoms with Crippen LogP contribution in [0.25, 0.3) is 0 Å². The normalized spacial score (nSPS) is 17.9. The third-order valence-electron chi connectivity index (χ3n) is 4.56. The van der Waals surface area contributed by atoms with E-state index in [9.17, 15) is 0 Å². The summed E-state index contributed by atoms with van der Waals surface area (Å²) in [6, 6.07) is 6.99. The third kappa shape index (κ3) is 5.69. The first-order chi connectivity index (χ1) is 10.2. The predicted octanol–water partition coefficient (Wildman–Crippen LogP) is 6.61. The van der Waals surface area contributed by atoms with Gasteiger partial charge in [-0.05, 0) is 55.5 Å². The maximum absolute atomic E-state index is 3.74. The van der Waals surface area contributed by atoms with Crippen molar-refractivity contribution in [3.05, 3.63) is 32.7 Å². The lowest BCUT2D eigenvalue weighted by Crippen LogP contribution is -2.23. The smallest absolute Gasteiger partial charge is 0.0331 e. The van der Waals surface area contributed by atoms with Crippen LogP contribution in [0.15, 0.2) is 27.1 Å². The zero-order chi connectivity index (χ0) is 15.1. The monoisotopic (exact) mass is 415 g/mol. The highest BCUT2D eigenvalue weighted by Crippen LogP contribution is 2.33. The van der Waals surface area contributed by atoms with Crippen LogP contribution in [-0.2, 0) is 0 Å². The highest BCUT2D eigenvalue weighted by molar-refractivity contribution is 9.11. The Morgan fingerprint density at radius 3 is 2.67 bits per heavy atom. The number of hydrogen-bond donors (Lipinski definition) is 1. The lowest BCUT2D eigenvalue weighted by Gasteiger charge is -2.26. The van der Waals surface area contributed by atoms with Crippen LogP contribution in [0, 0.1) is 5.92 Å². The summed E-state index contributed by atoms with van der Waals surface area (Å²) in [5, 5.41) is 3.74. The van der Waals surface area contributed by atoms with Gasteiger partial charge >= 0.3 is 0 Å². The Kier molecular flexibility index (Phi) is 7.76. The molecule has 1 N–H and O–H groups in total. The van der Waals surface area contributed by atoms with Gasteiger partial charge in [0.2, 0.25) is 0 Å². The van der Waals surface area contributed by atoms with Gasteiger partial charge in [0.25, 0.3) is 0 Å². The van der Waals surface area contributed by atoms with E-state index >= 15 is 0 Å². The van der Waals surface area contributed by atoms with Crippen molar-refractivity contribution in [1.82, 2.24) is 5.32 Å². The van der Waals surface area contributed by atoms with E-state index in [1.807, 2.05) is 0 Å². The van der Waals surface area contributed by atoms with Crippen molar-refractivity contribution in [1.29, 1.82) is 0 Å². The van der Waals surface area contributed by atoms with Crippen molar-refractivity contribution in [3.63, 3.8) is 0 Å². The molecule has 1 fully saturated rings. The van der Waals surface area contributed by atoms with Crippen molar-refractivity contribution in [2.75, 3.05) is 6.54 Å². The van der Waals surface area contributed by atoms with Crippen LogP contribution < -0.4 is 5.32 Å². The summed E-state index contributed by atoms with van der Waals surface area (Å²) >= 11 is 7.34. The zero-order valence-corrected chi connectivity index (χ0v) is 16.2. The first kappa shape index (κ1) is 17.5. The molecule has 1 atom stereocenters. The predicted molar refractivity (Wildman–Crippen MR) is 98.7 cm³/mol. The number of halogens is 2. The van der Waals surface area contributed by atoms with Crippen LogP contribution in [0.4, 0.5) is 0 Å². The van der Waals surface area contributed by atoms with Gasteiger partial charge < -0.3 is 5.32 Å². The first-order valence-corrected chi connectivity index (χ1v) is 9.97. The minimum atomic E-state index is 0.471. The molecule has 1 aliphatic rings. The molecule has 3 heteroatoms. The summed E-state index contributed by atoms with van der Waals surface area (Å²) in [4.78, 5) is 0. The quantitative estimate of drug-likeness (QED) is 0.526. The minimum absolute atomic E-state index is 0.471. The SMILES string of the molecule is CCCNC(CCC1CCCCC1)c1cc(Br)ccc1Br. The van der Waals surface area contributed by atoms with Crippen LogP contribution >= 0.6 is 31.9 Å². The second kappa shape index (κ2) is 9.32. The molecule has 0 aromatic heterocycles. The Morgan fingerprint density at radius 2 is 1.95 bits per heavy atom. The van der Waals surface area contributed by atoms with E-state index in [2.05, 4.69) is 62.3 Å². The van der Waals surface area contributed by atoms with Gasteiger partial charge in [0.1, 0.15) is 0 Å². The second-order valence-electron chi connectivity index (χ2n) is 6.25. The van der Waals surface area contributed by atoms with Gasteiger partial charge in [-0.2, -0.15) is 0 Å². The fourth-order valence-electron chi connectivity index (χ4n) is 3.35. The van der Waals surface area contributed by atoms with E-state index in [1.54, 1.807) is 0 Å². The zero-order valence-electron chi connectivity index (χ0n) is 13.0. The Labute approximate surface area is 146 Å². The summed E-state index contributed by atoms with van der Waals surface area (Å²) in [6.07, 6.45) is 11.0. The van der Waals surface area contributed by atoms with Crippen LogP contribution in [-0.4, -0.2) is 6.54 Å². The molecule has 1 saturated carbocycles. The average Bonchev–Trinajstić information content (AvgIpc) is 2.51. The van der Waals surface area contributed by atoms with Crippen LogP contribution in [0.1, 0.15) is 69.9 Å². The molecule has 1 aromatic rings. The Hall–Kier alpha value is 0.140. The van der Waals surface area contributed by atoms with E-state index in [0.29, 0.717) is 6.04 Å². The van der Waals surface area contributed by atoms with E-state index in [-0.39, 0.29) is 0 Å². The summed E-state index contributed by atoms with van der Waals surface area (Å²) in [7, 11) is 0. The van der Waals surface area contributed by atoms with Crippen LogP contribution in [0.5, 0.6) is 0 Å². The molecule has 0 aliphatic heterocycles. The van der Waals surface area contributed by atoms with E-state index in [4.69, 9.17) is 0 Å². The van der Waals surface area contributed by atoms with E-state index in [0.717, 1.165) is 12.5 Å². The molecule has 1 aromatic carbocycles. The fraction of sp³-hybridized carbons (Fsp3) is 0.667. The number of rotatable bonds is 7. The van der Waals surface area contributed by atoms with Gasteiger partial charge in [-0.1, -0.05) is 70.9 Å². The molecule has 1 aliphatic carbocycles. The standard InChI is InChI=1S/C18H27Br2N/c1-2-12-21-18(11-8-14-6-4-3-5-7-14)16-13-15(19)9-10-17(16)20/h9-10,13-14,18,21H,2-8,11-12H2,1H3. The average molecular weight is 417 g/mol. The second-order valence-corrected chi connectivity index (χ2v) is 8.02. The molecule has 1 nitrogen and oxygen atoms in total. The van der Waals surface area contributed by atoms with Gasteiger partial charge in [-0.25, -0.2) is 0 Å². The molecule has 0 spiro atoms. The van der Waals surface area contributed by atoms with Crippen molar-refractivity contribution < 1.29 is 0 Å². The Morgan fingerprint density at radius 1 is 1.19 bits per heavy atom. The number of nitrogens with one attached hydrogen (secondary N) is 1.